The third-order valence-corrected chi connectivity index (χ3v) is 2.46. The number of amides is 2. The normalized spacial score (nSPS) is 17.0. The van der Waals surface area contributed by atoms with Crippen molar-refractivity contribution in [3.8, 4) is 0 Å². The lowest BCUT2D eigenvalue weighted by atomic mass is 9.98. The SMILES string of the molecule is CCCOC(=O)/N=N/C(=O)OC1CCCCC1. The molecule has 1 rings (SSSR count). The summed E-state index contributed by atoms with van der Waals surface area (Å²) < 4.78 is 9.66. The van der Waals surface area contributed by atoms with Gasteiger partial charge < -0.3 is 9.47 Å². The van der Waals surface area contributed by atoms with Crippen LogP contribution in [0.15, 0.2) is 10.2 Å². The Bertz CT molecular complexity index is 285. The zero-order valence-corrected chi connectivity index (χ0v) is 10.1. The fourth-order valence-electron chi connectivity index (χ4n) is 1.65. The van der Waals surface area contributed by atoms with Crippen LogP contribution in [0.4, 0.5) is 9.59 Å². The largest absolute Gasteiger partial charge is 0.452 e. The zero-order chi connectivity index (χ0) is 12.5. The molecule has 6 heteroatoms. The van der Waals surface area contributed by atoms with Crippen molar-refractivity contribution in [1.82, 2.24) is 0 Å². The van der Waals surface area contributed by atoms with Crippen molar-refractivity contribution >= 4 is 12.2 Å². The maximum atomic E-state index is 11.2. The van der Waals surface area contributed by atoms with Crippen molar-refractivity contribution in [1.29, 1.82) is 0 Å². The minimum absolute atomic E-state index is 0.0816. The van der Waals surface area contributed by atoms with E-state index in [1.165, 1.54) is 6.42 Å². The van der Waals surface area contributed by atoms with E-state index in [9.17, 15) is 9.59 Å². The van der Waals surface area contributed by atoms with E-state index >= 15 is 0 Å². The second kappa shape index (κ2) is 7.76. The summed E-state index contributed by atoms with van der Waals surface area (Å²) in [6.07, 6.45) is 3.98. The number of hydrogen-bond acceptors (Lipinski definition) is 4. The minimum Gasteiger partial charge on any atom is -0.447 e. The van der Waals surface area contributed by atoms with Crippen molar-refractivity contribution in [2.45, 2.75) is 51.6 Å². The molecule has 0 heterocycles. The van der Waals surface area contributed by atoms with Gasteiger partial charge in [0.15, 0.2) is 0 Å². The van der Waals surface area contributed by atoms with E-state index in [0.29, 0.717) is 6.42 Å². The number of nitrogens with zero attached hydrogens (tertiary/aromatic N) is 2. The Labute approximate surface area is 100 Å². The molecule has 0 saturated heterocycles. The summed E-state index contributed by atoms with van der Waals surface area (Å²) in [4.78, 5) is 22.1. The predicted octanol–water partition coefficient (Wildman–Crippen LogP) is 3.45. The first-order valence-electron chi connectivity index (χ1n) is 6.01. The van der Waals surface area contributed by atoms with Gasteiger partial charge in [0.2, 0.25) is 0 Å². The molecule has 0 aromatic carbocycles. The van der Waals surface area contributed by atoms with E-state index in [2.05, 4.69) is 15.0 Å². The van der Waals surface area contributed by atoms with E-state index in [-0.39, 0.29) is 12.7 Å². The second-order valence-corrected chi connectivity index (χ2v) is 3.96. The molecule has 0 aliphatic heterocycles. The topological polar surface area (TPSA) is 77.3 Å². The van der Waals surface area contributed by atoms with Gasteiger partial charge in [-0.15, -0.1) is 0 Å². The smallest absolute Gasteiger partial charge is 0.447 e. The summed E-state index contributed by atoms with van der Waals surface area (Å²) in [6.45, 7) is 2.14. The maximum Gasteiger partial charge on any atom is 0.452 e. The van der Waals surface area contributed by atoms with Crippen molar-refractivity contribution in [3.63, 3.8) is 0 Å². The van der Waals surface area contributed by atoms with Crippen molar-refractivity contribution in [2.75, 3.05) is 6.61 Å². The Morgan fingerprint density at radius 2 is 1.76 bits per heavy atom. The van der Waals surface area contributed by atoms with E-state index in [0.717, 1.165) is 25.7 Å². The highest BCUT2D eigenvalue weighted by Crippen LogP contribution is 2.20. The molecule has 0 unspecified atom stereocenters. The number of carbonyl (C=O) groups is 2. The van der Waals surface area contributed by atoms with Gasteiger partial charge in [0.05, 0.1) is 6.61 Å². The zero-order valence-electron chi connectivity index (χ0n) is 10.1. The van der Waals surface area contributed by atoms with Crippen LogP contribution >= 0.6 is 0 Å². The molecular weight excluding hydrogens is 224 g/mol. The lowest BCUT2D eigenvalue weighted by molar-refractivity contribution is 0.0813. The highest BCUT2D eigenvalue weighted by atomic mass is 16.6. The molecule has 0 aromatic rings. The highest BCUT2D eigenvalue weighted by molar-refractivity contribution is 5.73. The van der Waals surface area contributed by atoms with Crippen LogP contribution in [0.3, 0.4) is 0 Å². The van der Waals surface area contributed by atoms with E-state index in [1.807, 2.05) is 6.92 Å². The summed E-state index contributed by atoms with van der Waals surface area (Å²) in [5.41, 5.74) is 0. The number of ether oxygens (including phenoxy) is 2. The Kier molecular flexibility index (Phi) is 6.21. The minimum atomic E-state index is -0.854. The monoisotopic (exact) mass is 242 g/mol. The van der Waals surface area contributed by atoms with Gasteiger partial charge in [-0.05, 0) is 32.1 Å². The Balaban J connectivity index is 2.23. The summed E-state index contributed by atoms with van der Waals surface area (Å²) in [7, 11) is 0. The van der Waals surface area contributed by atoms with E-state index in [1.54, 1.807) is 0 Å². The molecule has 0 spiro atoms. The first kappa shape index (κ1) is 13.6. The van der Waals surface area contributed by atoms with Gasteiger partial charge in [-0.3, -0.25) is 0 Å². The summed E-state index contributed by atoms with van der Waals surface area (Å²) in [5, 5.41) is 6.28. The summed E-state index contributed by atoms with van der Waals surface area (Å²) in [5.74, 6) is 0. The Hall–Kier alpha value is -1.46. The molecule has 0 aromatic heterocycles. The van der Waals surface area contributed by atoms with Crippen LogP contribution in [0, 0.1) is 0 Å². The van der Waals surface area contributed by atoms with E-state index < -0.39 is 12.2 Å². The molecule has 1 fully saturated rings. The van der Waals surface area contributed by atoms with Crippen LogP contribution in [0.25, 0.3) is 0 Å². The summed E-state index contributed by atoms with van der Waals surface area (Å²) >= 11 is 0. The molecule has 0 atom stereocenters. The number of hydrogen-bond donors (Lipinski definition) is 0. The molecule has 0 bridgehead atoms. The van der Waals surface area contributed by atoms with Crippen molar-refractivity contribution in [2.24, 2.45) is 10.2 Å². The van der Waals surface area contributed by atoms with Crippen LogP contribution in [0.2, 0.25) is 0 Å². The maximum absolute atomic E-state index is 11.2. The average molecular weight is 242 g/mol. The quantitative estimate of drug-likeness (QED) is 0.710. The third kappa shape index (κ3) is 5.99. The lowest BCUT2D eigenvalue weighted by Gasteiger charge is -2.20. The molecular formula is C11H18N2O4. The number of rotatable bonds is 3. The van der Waals surface area contributed by atoms with Gasteiger partial charge in [-0.25, -0.2) is 9.59 Å². The number of azo groups is 1. The Morgan fingerprint density at radius 1 is 1.12 bits per heavy atom. The molecule has 1 saturated carbocycles. The van der Waals surface area contributed by atoms with Gasteiger partial charge in [-0.1, -0.05) is 23.6 Å². The number of carbonyl (C=O) groups excluding carboxylic acids is 2. The molecule has 0 radical (unpaired) electrons. The highest BCUT2D eigenvalue weighted by Gasteiger charge is 2.17. The molecule has 1 aliphatic rings. The van der Waals surface area contributed by atoms with Gasteiger partial charge in [-0.2, -0.15) is 0 Å². The third-order valence-electron chi connectivity index (χ3n) is 2.46. The van der Waals surface area contributed by atoms with Gasteiger partial charge in [0, 0.05) is 0 Å². The van der Waals surface area contributed by atoms with Crippen molar-refractivity contribution in [3.05, 3.63) is 0 Å². The van der Waals surface area contributed by atoms with Crippen LogP contribution in [0.1, 0.15) is 45.4 Å². The van der Waals surface area contributed by atoms with E-state index in [4.69, 9.17) is 4.74 Å². The molecule has 1 aliphatic carbocycles. The average Bonchev–Trinajstić information content (AvgIpc) is 2.35. The first-order chi connectivity index (χ1) is 8.22. The van der Waals surface area contributed by atoms with Crippen LogP contribution in [-0.2, 0) is 9.47 Å². The Morgan fingerprint density at radius 3 is 2.41 bits per heavy atom. The van der Waals surface area contributed by atoms with Crippen LogP contribution in [-0.4, -0.2) is 24.9 Å². The van der Waals surface area contributed by atoms with Gasteiger partial charge in [0.25, 0.3) is 0 Å². The molecule has 96 valence electrons. The van der Waals surface area contributed by atoms with Gasteiger partial charge in [0.1, 0.15) is 6.10 Å². The van der Waals surface area contributed by atoms with Gasteiger partial charge >= 0.3 is 12.2 Å². The molecule has 6 nitrogen and oxygen atoms in total. The standard InChI is InChI=1S/C11H18N2O4/c1-2-8-16-10(14)12-13-11(15)17-9-6-4-3-5-7-9/h9H,2-8H2,1H3/b13-12+. The second-order valence-electron chi connectivity index (χ2n) is 3.96. The van der Waals surface area contributed by atoms with Crippen LogP contribution < -0.4 is 0 Å². The molecule has 0 N–H and O–H groups in total. The predicted molar refractivity (Wildman–Crippen MR) is 59.8 cm³/mol. The first-order valence-corrected chi connectivity index (χ1v) is 6.01. The lowest BCUT2D eigenvalue weighted by Crippen LogP contribution is -2.18. The molecule has 2 amide bonds. The van der Waals surface area contributed by atoms with Crippen LogP contribution in [0.5, 0.6) is 0 Å². The fourth-order valence-corrected chi connectivity index (χ4v) is 1.65. The summed E-state index contributed by atoms with van der Waals surface area (Å²) in [6, 6.07) is 0. The van der Waals surface area contributed by atoms with Crippen molar-refractivity contribution < 1.29 is 19.1 Å². The molecule has 17 heavy (non-hydrogen) atoms. The fraction of sp³-hybridized carbons (Fsp3) is 0.818.